The number of thioether (sulfide) groups is 1. The smallest absolute Gasteiger partial charge is 0.416 e. The van der Waals surface area contributed by atoms with Gasteiger partial charge in [0.25, 0.3) is 0 Å². The molecule has 6 N–H and O–H groups in total. The lowest BCUT2D eigenvalue weighted by Crippen LogP contribution is -2.56. The fourth-order valence-electron chi connectivity index (χ4n) is 5.73. The Hall–Kier alpha value is -1.62. The number of hydrogen-bond donors (Lipinski definition) is 6. The standard InChI is InChI=1S/C25H36N2O6S/c1-14(10-16-12-27(25(32)33)19-9-5-4-8-18(16)19)26-17-7-3-2-6-15(11-17)24-23(31)22(30)21(29)20(13-28)34-24/h4-5,8-9,12,14-15,17,20-24,26,28-31H,2-3,6-7,10-11,13H2,1H3,(H,32,33)/t14-,15?,17?,20-,21+,22+,23-,24+/m1/s1. The summed E-state index contributed by atoms with van der Waals surface area (Å²) in [6, 6.07) is 7.90. The second-order valence-corrected chi connectivity index (χ2v) is 11.3. The average Bonchev–Trinajstić information content (AvgIpc) is 3.02. The van der Waals surface area contributed by atoms with Crippen LogP contribution in [-0.2, 0) is 6.42 Å². The maximum absolute atomic E-state index is 11.6. The second-order valence-electron chi connectivity index (χ2n) is 9.87. The van der Waals surface area contributed by atoms with E-state index in [0.717, 1.165) is 43.1 Å². The minimum absolute atomic E-state index is 0.123. The van der Waals surface area contributed by atoms with Gasteiger partial charge in [-0.15, -0.1) is 11.8 Å². The fraction of sp³-hybridized carbons (Fsp3) is 0.640. The molecule has 0 radical (unpaired) electrons. The Morgan fingerprint density at radius 2 is 1.88 bits per heavy atom. The number of para-hydroxylation sites is 1. The zero-order valence-corrected chi connectivity index (χ0v) is 20.3. The first-order valence-electron chi connectivity index (χ1n) is 12.2. The van der Waals surface area contributed by atoms with Gasteiger partial charge in [0.2, 0.25) is 0 Å². The Balaban J connectivity index is 1.44. The van der Waals surface area contributed by atoms with Crippen molar-refractivity contribution in [3.63, 3.8) is 0 Å². The Kier molecular flexibility index (Phi) is 8.22. The van der Waals surface area contributed by atoms with E-state index >= 15 is 0 Å². The maximum Gasteiger partial charge on any atom is 0.416 e. The van der Waals surface area contributed by atoms with Gasteiger partial charge in [0.05, 0.1) is 29.6 Å². The van der Waals surface area contributed by atoms with Crippen LogP contribution in [0.2, 0.25) is 0 Å². The van der Waals surface area contributed by atoms with Crippen molar-refractivity contribution in [3.8, 4) is 0 Å². The number of hydrogen-bond acceptors (Lipinski definition) is 7. The molecule has 2 aromatic rings. The van der Waals surface area contributed by atoms with Crippen molar-refractivity contribution in [2.24, 2.45) is 5.92 Å². The number of rotatable bonds is 6. The highest BCUT2D eigenvalue weighted by molar-refractivity contribution is 8.00. The maximum atomic E-state index is 11.6. The number of aliphatic hydroxyl groups excluding tert-OH is 4. The third-order valence-electron chi connectivity index (χ3n) is 7.41. The van der Waals surface area contributed by atoms with Gasteiger partial charge >= 0.3 is 6.09 Å². The lowest BCUT2D eigenvalue weighted by Gasteiger charge is -2.43. The number of benzene rings is 1. The van der Waals surface area contributed by atoms with Crippen LogP contribution < -0.4 is 5.32 Å². The van der Waals surface area contributed by atoms with E-state index in [0.29, 0.717) is 11.9 Å². The zero-order valence-electron chi connectivity index (χ0n) is 19.5. The molecule has 188 valence electrons. The first-order chi connectivity index (χ1) is 16.3. The molecular weight excluding hydrogens is 456 g/mol. The van der Waals surface area contributed by atoms with Crippen LogP contribution in [0.5, 0.6) is 0 Å². The van der Waals surface area contributed by atoms with Gasteiger partial charge in [-0.25, -0.2) is 4.79 Å². The van der Waals surface area contributed by atoms with Crippen LogP contribution in [0.15, 0.2) is 30.5 Å². The molecule has 1 saturated carbocycles. The molecule has 4 rings (SSSR count). The highest BCUT2D eigenvalue weighted by atomic mass is 32.2. The van der Waals surface area contributed by atoms with Crippen molar-refractivity contribution in [3.05, 3.63) is 36.0 Å². The number of fused-ring (bicyclic) bond motifs is 1. The molecule has 2 aliphatic rings. The minimum Gasteiger partial charge on any atom is -0.464 e. The van der Waals surface area contributed by atoms with Gasteiger partial charge < -0.3 is 30.8 Å². The predicted molar refractivity (Wildman–Crippen MR) is 132 cm³/mol. The van der Waals surface area contributed by atoms with E-state index in [1.165, 1.54) is 16.3 Å². The summed E-state index contributed by atoms with van der Waals surface area (Å²) < 4.78 is 1.28. The van der Waals surface area contributed by atoms with Crippen LogP contribution in [0, 0.1) is 5.92 Å². The normalized spacial score (nSPS) is 33.5. The monoisotopic (exact) mass is 492 g/mol. The van der Waals surface area contributed by atoms with Gasteiger partial charge in [-0.1, -0.05) is 31.0 Å². The number of aromatic nitrogens is 1. The van der Waals surface area contributed by atoms with Crippen molar-refractivity contribution < 1.29 is 30.3 Å². The third-order valence-corrected chi connectivity index (χ3v) is 9.16. The quantitative estimate of drug-likeness (QED) is 0.338. The molecule has 1 aliphatic carbocycles. The molecule has 34 heavy (non-hydrogen) atoms. The molecule has 0 spiro atoms. The summed E-state index contributed by atoms with van der Waals surface area (Å²) in [5.74, 6) is 0.164. The van der Waals surface area contributed by atoms with E-state index < -0.39 is 29.7 Å². The van der Waals surface area contributed by atoms with Crippen LogP contribution in [0.4, 0.5) is 4.79 Å². The minimum atomic E-state index is -1.25. The largest absolute Gasteiger partial charge is 0.464 e. The molecule has 1 aliphatic heterocycles. The van der Waals surface area contributed by atoms with Gasteiger partial charge in [0.15, 0.2) is 0 Å². The van der Waals surface area contributed by atoms with Crippen LogP contribution >= 0.6 is 11.8 Å². The number of carbonyl (C=O) groups is 1. The van der Waals surface area contributed by atoms with Crippen molar-refractivity contribution >= 4 is 28.8 Å². The number of carboxylic acid groups (broad SMARTS) is 1. The van der Waals surface area contributed by atoms with Gasteiger partial charge in [0.1, 0.15) is 6.10 Å². The van der Waals surface area contributed by atoms with Gasteiger partial charge in [0, 0.05) is 28.9 Å². The molecule has 2 unspecified atom stereocenters. The van der Waals surface area contributed by atoms with Crippen LogP contribution in [0.25, 0.3) is 10.9 Å². The lowest BCUT2D eigenvalue weighted by molar-refractivity contribution is -0.0753. The highest BCUT2D eigenvalue weighted by Crippen LogP contribution is 2.41. The molecule has 9 heteroatoms. The molecule has 1 aromatic carbocycles. The SMILES string of the molecule is C[C@H](Cc1cn(C(=O)O)c2ccccc12)NC1CCCCC([C@@H]2S[C@H](CO)[C@H](O)[C@H](O)[C@H]2O)C1. The Labute approximate surface area is 204 Å². The summed E-state index contributed by atoms with van der Waals surface area (Å²) in [7, 11) is 0. The third kappa shape index (κ3) is 5.29. The molecule has 8 nitrogen and oxygen atoms in total. The zero-order chi connectivity index (χ0) is 24.4. The van der Waals surface area contributed by atoms with E-state index in [1.54, 1.807) is 6.20 Å². The molecule has 0 amide bonds. The van der Waals surface area contributed by atoms with Crippen LogP contribution in [-0.4, -0.2) is 83.7 Å². The summed E-state index contributed by atoms with van der Waals surface area (Å²) in [5, 5.41) is 54.3. The molecule has 1 aromatic heterocycles. The molecule has 0 bridgehead atoms. The van der Waals surface area contributed by atoms with E-state index in [9.17, 15) is 30.3 Å². The van der Waals surface area contributed by atoms with Crippen molar-refractivity contribution in [2.75, 3.05) is 6.61 Å². The highest BCUT2D eigenvalue weighted by Gasteiger charge is 2.46. The molecule has 8 atom stereocenters. The van der Waals surface area contributed by atoms with E-state index in [1.807, 2.05) is 24.3 Å². The Morgan fingerprint density at radius 1 is 1.15 bits per heavy atom. The van der Waals surface area contributed by atoms with Gasteiger partial charge in [-0.2, -0.15) is 0 Å². The molecule has 2 fully saturated rings. The summed E-state index contributed by atoms with van der Waals surface area (Å²) in [6.07, 6.45) is 2.91. The van der Waals surface area contributed by atoms with Crippen molar-refractivity contribution in [1.29, 1.82) is 0 Å². The van der Waals surface area contributed by atoms with Crippen LogP contribution in [0.3, 0.4) is 0 Å². The molecule has 2 heterocycles. The first kappa shape index (κ1) is 25.5. The summed E-state index contributed by atoms with van der Waals surface area (Å²) in [4.78, 5) is 11.6. The summed E-state index contributed by atoms with van der Waals surface area (Å²) >= 11 is 1.40. The number of aliphatic hydroxyl groups is 4. The van der Waals surface area contributed by atoms with E-state index in [-0.39, 0.29) is 29.9 Å². The topological polar surface area (TPSA) is 135 Å². The lowest BCUT2D eigenvalue weighted by atomic mass is 9.87. The van der Waals surface area contributed by atoms with E-state index in [4.69, 9.17) is 0 Å². The predicted octanol–water partition coefficient (Wildman–Crippen LogP) is 2.20. The van der Waals surface area contributed by atoms with Crippen molar-refractivity contribution in [1.82, 2.24) is 9.88 Å². The average molecular weight is 493 g/mol. The summed E-state index contributed by atoms with van der Waals surface area (Å²) in [5.41, 5.74) is 1.68. The number of nitrogens with one attached hydrogen (secondary N) is 1. The second kappa shape index (κ2) is 11.0. The summed E-state index contributed by atoms with van der Waals surface area (Å²) in [6.45, 7) is 1.88. The van der Waals surface area contributed by atoms with Gasteiger partial charge in [-0.3, -0.25) is 4.57 Å². The van der Waals surface area contributed by atoms with Crippen LogP contribution in [0.1, 0.15) is 44.6 Å². The Morgan fingerprint density at radius 3 is 2.62 bits per heavy atom. The van der Waals surface area contributed by atoms with Gasteiger partial charge in [-0.05, 0) is 50.2 Å². The van der Waals surface area contributed by atoms with E-state index in [2.05, 4.69) is 12.2 Å². The fourth-order valence-corrected chi connectivity index (χ4v) is 7.33. The van der Waals surface area contributed by atoms with Crippen molar-refractivity contribution in [2.45, 2.75) is 86.3 Å². The Bertz CT molecular complexity index is 981. The molecule has 1 saturated heterocycles. The molecular formula is C25H36N2O6S. The number of nitrogens with zero attached hydrogens (tertiary/aromatic N) is 1. The first-order valence-corrected chi connectivity index (χ1v) is 13.1.